The second-order valence-electron chi connectivity index (χ2n) is 5.65. The molecule has 1 fully saturated rings. The van der Waals surface area contributed by atoms with E-state index in [1.807, 2.05) is 5.38 Å². The summed E-state index contributed by atoms with van der Waals surface area (Å²) in [4.78, 5) is 16.5. The third kappa shape index (κ3) is 4.06. The van der Waals surface area contributed by atoms with Gasteiger partial charge in [0.1, 0.15) is 5.01 Å². The Labute approximate surface area is 150 Å². The van der Waals surface area contributed by atoms with E-state index in [1.54, 1.807) is 25.4 Å². The van der Waals surface area contributed by atoms with Crippen LogP contribution < -0.4 is 5.32 Å². The van der Waals surface area contributed by atoms with Crippen molar-refractivity contribution in [1.29, 1.82) is 0 Å². The van der Waals surface area contributed by atoms with Crippen LogP contribution in [-0.4, -0.2) is 49.9 Å². The van der Waals surface area contributed by atoms with Crippen LogP contribution in [0.5, 0.6) is 0 Å². The zero-order valence-electron chi connectivity index (χ0n) is 13.7. The monoisotopic (exact) mass is 381 g/mol. The summed E-state index contributed by atoms with van der Waals surface area (Å²) in [5.74, 6) is -0.330. The lowest BCUT2D eigenvalue weighted by Crippen LogP contribution is -2.30. The number of rotatable bonds is 6. The van der Waals surface area contributed by atoms with Crippen LogP contribution in [-0.2, 0) is 21.3 Å². The third-order valence-corrected chi connectivity index (χ3v) is 6.70. The van der Waals surface area contributed by atoms with Gasteiger partial charge in [-0.15, -0.1) is 11.3 Å². The summed E-state index contributed by atoms with van der Waals surface area (Å²) in [7, 11) is -2.06. The minimum Gasteiger partial charge on any atom is -0.380 e. The molecule has 1 aliphatic heterocycles. The topological polar surface area (TPSA) is 88.6 Å². The predicted octanol–water partition coefficient (Wildman–Crippen LogP) is 1.48. The highest BCUT2D eigenvalue weighted by molar-refractivity contribution is 7.89. The molecule has 1 amide bonds. The normalized spacial score (nSPS) is 18.4. The number of amides is 1. The van der Waals surface area contributed by atoms with Crippen molar-refractivity contribution in [2.45, 2.75) is 24.0 Å². The fourth-order valence-electron chi connectivity index (χ4n) is 2.65. The molecule has 0 unspecified atom stereocenters. The van der Waals surface area contributed by atoms with E-state index in [9.17, 15) is 13.2 Å². The van der Waals surface area contributed by atoms with Crippen LogP contribution in [0, 0.1) is 0 Å². The first-order valence-electron chi connectivity index (χ1n) is 7.80. The van der Waals surface area contributed by atoms with Crippen molar-refractivity contribution < 1.29 is 17.9 Å². The minimum absolute atomic E-state index is 0.0837. The Balaban J connectivity index is 1.73. The van der Waals surface area contributed by atoms with Gasteiger partial charge in [0.15, 0.2) is 0 Å². The van der Waals surface area contributed by atoms with Crippen molar-refractivity contribution in [3.8, 4) is 0 Å². The summed E-state index contributed by atoms with van der Waals surface area (Å²) < 4.78 is 32.1. The van der Waals surface area contributed by atoms with E-state index in [2.05, 4.69) is 10.3 Å². The van der Waals surface area contributed by atoms with Crippen molar-refractivity contribution >= 4 is 27.3 Å². The van der Waals surface area contributed by atoms with Crippen LogP contribution in [0.1, 0.15) is 21.8 Å². The lowest BCUT2D eigenvalue weighted by Gasteiger charge is -2.16. The van der Waals surface area contributed by atoms with E-state index >= 15 is 0 Å². The van der Waals surface area contributed by atoms with Crippen LogP contribution >= 0.6 is 11.3 Å². The molecule has 0 spiro atoms. The van der Waals surface area contributed by atoms with E-state index in [0.717, 1.165) is 5.01 Å². The standard InChI is InChI=1S/C16H19N3O4S2/c1-23-13-5-7-19(11-13)25(21,22)14-4-2-3-12(9-14)16(20)18-10-15-17-6-8-24-15/h2-4,6,8-9,13H,5,7,10-11H2,1H3,(H,18,20)/t13-/m0/s1. The fraction of sp³-hybridized carbons (Fsp3) is 0.375. The van der Waals surface area contributed by atoms with Crippen LogP contribution in [0.4, 0.5) is 0 Å². The zero-order chi connectivity index (χ0) is 17.9. The number of benzene rings is 1. The highest BCUT2D eigenvalue weighted by Gasteiger charge is 2.32. The number of methoxy groups -OCH3 is 1. The lowest BCUT2D eigenvalue weighted by atomic mass is 10.2. The molecule has 0 aliphatic carbocycles. The average molecular weight is 381 g/mol. The Morgan fingerprint density at radius 2 is 2.32 bits per heavy atom. The lowest BCUT2D eigenvalue weighted by molar-refractivity contribution is 0.0950. The predicted molar refractivity (Wildman–Crippen MR) is 93.9 cm³/mol. The smallest absolute Gasteiger partial charge is 0.251 e. The minimum atomic E-state index is -3.63. The molecule has 134 valence electrons. The van der Waals surface area contributed by atoms with Gasteiger partial charge in [-0.05, 0) is 24.6 Å². The molecule has 0 saturated carbocycles. The molecule has 1 saturated heterocycles. The quantitative estimate of drug-likeness (QED) is 0.819. The highest BCUT2D eigenvalue weighted by Crippen LogP contribution is 2.23. The van der Waals surface area contributed by atoms with Gasteiger partial charge in [-0.1, -0.05) is 6.07 Å². The molecular weight excluding hydrogens is 362 g/mol. The number of sulfonamides is 1. The van der Waals surface area contributed by atoms with Gasteiger partial charge in [0.05, 0.1) is 17.5 Å². The first-order chi connectivity index (χ1) is 12.0. The summed E-state index contributed by atoms with van der Waals surface area (Å²) in [6.45, 7) is 1.07. The summed E-state index contributed by atoms with van der Waals surface area (Å²) >= 11 is 1.45. The van der Waals surface area contributed by atoms with Gasteiger partial charge in [-0.25, -0.2) is 13.4 Å². The number of nitrogens with one attached hydrogen (secondary N) is 1. The van der Waals surface area contributed by atoms with E-state index in [-0.39, 0.29) is 16.9 Å². The van der Waals surface area contributed by atoms with Gasteiger partial charge >= 0.3 is 0 Å². The van der Waals surface area contributed by atoms with Gasteiger partial charge in [0.2, 0.25) is 10.0 Å². The number of ether oxygens (including phenoxy) is 1. The molecule has 25 heavy (non-hydrogen) atoms. The highest BCUT2D eigenvalue weighted by atomic mass is 32.2. The Bertz CT molecular complexity index is 837. The van der Waals surface area contributed by atoms with Crippen molar-refractivity contribution in [2.75, 3.05) is 20.2 Å². The molecule has 3 rings (SSSR count). The molecule has 0 radical (unpaired) electrons. The van der Waals surface area contributed by atoms with Crippen LogP contribution in [0.2, 0.25) is 0 Å². The molecule has 9 heteroatoms. The van der Waals surface area contributed by atoms with Crippen molar-refractivity contribution in [2.24, 2.45) is 0 Å². The second kappa shape index (κ2) is 7.61. The summed E-state index contributed by atoms with van der Waals surface area (Å²) in [6, 6.07) is 6.09. The van der Waals surface area contributed by atoms with Gasteiger partial charge in [-0.2, -0.15) is 4.31 Å². The number of aromatic nitrogens is 1. The van der Waals surface area contributed by atoms with E-state index in [4.69, 9.17) is 4.74 Å². The summed E-state index contributed by atoms with van der Waals surface area (Å²) in [5.41, 5.74) is 0.306. The van der Waals surface area contributed by atoms with Crippen molar-refractivity contribution in [3.05, 3.63) is 46.4 Å². The number of hydrogen-bond donors (Lipinski definition) is 1. The van der Waals surface area contributed by atoms with Crippen LogP contribution in [0.15, 0.2) is 40.7 Å². The maximum atomic E-state index is 12.7. The largest absolute Gasteiger partial charge is 0.380 e. The van der Waals surface area contributed by atoms with Crippen molar-refractivity contribution in [3.63, 3.8) is 0 Å². The third-order valence-electron chi connectivity index (χ3n) is 4.06. The Kier molecular flexibility index (Phi) is 5.48. The first-order valence-corrected chi connectivity index (χ1v) is 10.1. The van der Waals surface area contributed by atoms with Gasteiger partial charge in [0, 0.05) is 37.3 Å². The SMILES string of the molecule is CO[C@H]1CCN(S(=O)(=O)c2cccc(C(=O)NCc3nccs3)c2)C1. The van der Waals surface area contributed by atoms with Gasteiger partial charge in [0.25, 0.3) is 5.91 Å². The van der Waals surface area contributed by atoms with Crippen LogP contribution in [0.3, 0.4) is 0 Å². The molecular formula is C16H19N3O4S2. The molecule has 2 heterocycles. The van der Waals surface area contributed by atoms with Gasteiger partial charge in [-0.3, -0.25) is 4.79 Å². The second-order valence-corrected chi connectivity index (χ2v) is 8.56. The molecule has 2 aromatic rings. The number of thiazole rings is 1. The Hall–Kier alpha value is -1.81. The molecule has 1 aliphatic rings. The number of hydrogen-bond acceptors (Lipinski definition) is 6. The maximum absolute atomic E-state index is 12.7. The van der Waals surface area contributed by atoms with E-state index < -0.39 is 10.0 Å². The molecule has 7 nitrogen and oxygen atoms in total. The molecule has 1 aromatic heterocycles. The molecule has 1 N–H and O–H groups in total. The van der Waals surface area contributed by atoms with E-state index in [0.29, 0.717) is 31.6 Å². The number of nitrogens with zero attached hydrogens (tertiary/aromatic N) is 2. The molecule has 0 bridgehead atoms. The Morgan fingerprint density at radius 1 is 1.48 bits per heavy atom. The van der Waals surface area contributed by atoms with E-state index in [1.165, 1.54) is 27.8 Å². The van der Waals surface area contributed by atoms with Gasteiger partial charge < -0.3 is 10.1 Å². The maximum Gasteiger partial charge on any atom is 0.251 e. The first kappa shape index (κ1) is 18.0. The fourth-order valence-corrected chi connectivity index (χ4v) is 4.74. The summed E-state index contributed by atoms with van der Waals surface area (Å²) in [6.07, 6.45) is 2.26. The molecule has 1 aromatic carbocycles. The van der Waals surface area contributed by atoms with Crippen LogP contribution in [0.25, 0.3) is 0 Å². The number of carbonyl (C=O) groups is 1. The summed E-state index contributed by atoms with van der Waals surface area (Å²) in [5, 5.41) is 5.37. The average Bonchev–Trinajstić information content (AvgIpc) is 3.31. The molecule has 1 atom stereocenters. The van der Waals surface area contributed by atoms with Crippen molar-refractivity contribution in [1.82, 2.24) is 14.6 Å². The Morgan fingerprint density at radius 3 is 3.00 bits per heavy atom. The number of carbonyl (C=O) groups excluding carboxylic acids is 1. The zero-order valence-corrected chi connectivity index (χ0v) is 15.3.